The van der Waals surface area contributed by atoms with Crippen LogP contribution < -0.4 is 10.3 Å². The van der Waals surface area contributed by atoms with E-state index in [9.17, 15) is 4.79 Å². The first-order valence-corrected chi connectivity index (χ1v) is 7.79. The second-order valence-electron chi connectivity index (χ2n) is 5.35. The first-order valence-electron chi connectivity index (χ1n) is 7.79. The van der Waals surface area contributed by atoms with Crippen molar-refractivity contribution in [3.63, 3.8) is 0 Å². The van der Waals surface area contributed by atoms with Crippen molar-refractivity contribution in [1.29, 1.82) is 0 Å². The fourth-order valence-corrected chi connectivity index (χ4v) is 2.39. The van der Waals surface area contributed by atoms with Crippen molar-refractivity contribution in [3.05, 3.63) is 54.1 Å². The fraction of sp³-hybridized carbons (Fsp3) is 0.294. The quantitative estimate of drug-likeness (QED) is 0.680. The molecule has 24 heavy (non-hydrogen) atoms. The lowest BCUT2D eigenvalue weighted by molar-refractivity contribution is 0.0950. The molecule has 2 aromatic heterocycles. The molecule has 0 saturated carbocycles. The summed E-state index contributed by atoms with van der Waals surface area (Å²) in [5.41, 5.74) is 5.17. The number of morpholine rings is 1. The van der Waals surface area contributed by atoms with E-state index >= 15 is 0 Å². The van der Waals surface area contributed by atoms with E-state index in [1.54, 1.807) is 25.4 Å². The Morgan fingerprint density at radius 3 is 2.71 bits per heavy atom. The molecular formula is C17H19N5O2. The predicted molar refractivity (Wildman–Crippen MR) is 91.2 cm³/mol. The molecule has 1 saturated heterocycles. The number of hydrogen-bond donors (Lipinski definition) is 1. The van der Waals surface area contributed by atoms with Gasteiger partial charge < -0.3 is 9.64 Å². The van der Waals surface area contributed by atoms with E-state index in [0.717, 1.165) is 18.8 Å². The number of hydrogen-bond acceptors (Lipinski definition) is 6. The molecule has 0 aliphatic carbocycles. The van der Waals surface area contributed by atoms with E-state index < -0.39 is 0 Å². The molecule has 0 unspecified atom stereocenters. The summed E-state index contributed by atoms with van der Waals surface area (Å²) in [5.74, 6) is -0.347. The molecule has 7 nitrogen and oxygen atoms in total. The molecule has 3 heterocycles. The number of pyridine rings is 2. The fourth-order valence-electron chi connectivity index (χ4n) is 2.39. The van der Waals surface area contributed by atoms with Crippen molar-refractivity contribution in [3.8, 4) is 0 Å². The summed E-state index contributed by atoms with van der Waals surface area (Å²) in [5, 5.41) is 4.09. The molecule has 0 aromatic carbocycles. The number of carbonyl (C=O) groups is 1. The van der Waals surface area contributed by atoms with Gasteiger partial charge in [0, 0.05) is 31.2 Å². The van der Waals surface area contributed by atoms with Crippen LogP contribution in [-0.2, 0) is 4.74 Å². The lowest BCUT2D eigenvalue weighted by Crippen LogP contribution is -2.36. The van der Waals surface area contributed by atoms with Crippen LogP contribution in [0.1, 0.15) is 23.1 Å². The van der Waals surface area contributed by atoms with Crippen LogP contribution in [0.15, 0.2) is 47.8 Å². The minimum absolute atomic E-state index is 0.330. The Balaban J connectivity index is 1.69. The lowest BCUT2D eigenvalue weighted by Gasteiger charge is -2.28. The Morgan fingerprint density at radius 2 is 1.96 bits per heavy atom. The molecular weight excluding hydrogens is 306 g/mol. The molecule has 0 bridgehead atoms. The van der Waals surface area contributed by atoms with Gasteiger partial charge >= 0.3 is 0 Å². The average molecular weight is 325 g/mol. The number of amides is 1. The number of rotatable bonds is 4. The van der Waals surface area contributed by atoms with E-state index in [0.29, 0.717) is 30.3 Å². The highest BCUT2D eigenvalue weighted by Gasteiger charge is 2.14. The van der Waals surface area contributed by atoms with Crippen molar-refractivity contribution in [2.45, 2.75) is 6.92 Å². The van der Waals surface area contributed by atoms with Gasteiger partial charge in [0.2, 0.25) is 0 Å². The topological polar surface area (TPSA) is 79.7 Å². The molecule has 1 fully saturated rings. The minimum Gasteiger partial charge on any atom is -0.378 e. The van der Waals surface area contributed by atoms with E-state index in [4.69, 9.17) is 4.74 Å². The molecule has 0 atom stereocenters. The summed E-state index contributed by atoms with van der Waals surface area (Å²) in [6.07, 6.45) is 3.32. The smallest absolute Gasteiger partial charge is 0.290 e. The van der Waals surface area contributed by atoms with Crippen LogP contribution in [0.2, 0.25) is 0 Å². The first-order chi connectivity index (χ1) is 11.7. The predicted octanol–water partition coefficient (Wildman–Crippen LogP) is 1.47. The van der Waals surface area contributed by atoms with E-state index in [-0.39, 0.29) is 5.91 Å². The third kappa shape index (κ3) is 3.94. The Labute approximate surface area is 140 Å². The minimum atomic E-state index is -0.347. The van der Waals surface area contributed by atoms with Crippen LogP contribution >= 0.6 is 0 Å². The van der Waals surface area contributed by atoms with Crippen LogP contribution in [-0.4, -0.2) is 47.9 Å². The maximum Gasteiger partial charge on any atom is 0.290 e. The summed E-state index contributed by atoms with van der Waals surface area (Å²) >= 11 is 0. The number of hydrazone groups is 1. The van der Waals surface area contributed by atoms with Crippen LogP contribution in [0, 0.1) is 0 Å². The van der Waals surface area contributed by atoms with E-state index in [2.05, 4.69) is 25.4 Å². The Kier molecular flexibility index (Phi) is 5.12. The first kappa shape index (κ1) is 16.1. The maximum absolute atomic E-state index is 12.3. The van der Waals surface area contributed by atoms with Gasteiger partial charge in [-0.3, -0.25) is 14.8 Å². The highest BCUT2D eigenvalue weighted by atomic mass is 16.5. The normalized spacial score (nSPS) is 15.2. The van der Waals surface area contributed by atoms with Crippen LogP contribution in [0.5, 0.6) is 0 Å². The zero-order valence-electron chi connectivity index (χ0n) is 13.5. The van der Waals surface area contributed by atoms with Crippen LogP contribution in [0.3, 0.4) is 0 Å². The molecule has 124 valence electrons. The van der Waals surface area contributed by atoms with Gasteiger partial charge in [-0.1, -0.05) is 6.07 Å². The van der Waals surface area contributed by atoms with Crippen molar-refractivity contribution >= 4 is 17.3 Å². The van der Waals surface area contributed by atoms with Gasteiger partial charge in [0.15, 0.2) is 0 Å². The molecule has 0 spiro atoms. The Hall–Kier alpha value is -2.80. The molecule has 2 aromatic rings. The number of carbonyl (C=O) groups excluding carboxylic acids is 1. The van der Waals surface area contributed by atoms with Crippen LogP contribution in [0.25, 0.3) is 0 Å². The number of aromatic nitrogens is 2. The summed E-state index contributed by atoms with van der Waals surface area (Å²) in [6, 6.07) is 9.20. The number of ether oxygens (including phenoxy) is 1. The average Bonchev–Trinajstić information content (AvgIpc) is 2.67. The van der Waals surface area contributed by atoms with Gasteiger partial charge in [0.25, 0.3) is 5.91 Å². The molecule has 1 aliphatic rings. The SMILES string of the molecule is C/C(=N\NC(=O)c1cc(N2CCOCC2)ccn1)c1ccccn1. The maximum atomic E-state index is 12.3. The molecule has 7 heteroatoms. The molecule has 1 N–H and O–H groups in total. The highest BCUT2D eigenvalue weighted by Crippen LogP contribution is 2.16. The summed E-state index contributed by atoms with van der Waals surface area (Å²) < 4.78 is 5.35. The zero-order valence-corrected chi connectivity index (χ0v) is 13.5. The number of nitrogens with zero attached hydrogens (tertiary/aromatic N) is 4. The second-order valence-corrected chi connectivity index (χ2v) is 5.35. The van der Waals surface area contributed by atoms with Gasteiger partial charge in [-0.15, -0.1) is 0 Å². The molecule has 3 rings (SSSR count). The van der Waals surface area contributed by atoms with Crippen molar-refractivity contribution in [2.24, 2.45) is 5.10 Å². The summed E-state index contributed by atoms with van der Waals surface area (Å²) in [7, 11) is 0. The van der Waals surface area contributed by atoms with Gasteiger partial charge in [-0.05, 0) is 31.2 Å². The zero-order chi connectivity index (χ0) is 16.8. The van der Waals surface area contributed by atoms with Gasteiger partial charge in [0.1, 0.15) is 5.69 Å². The summed E-state index contributed by atoms with van der Waals surface area (Å²) in [4.78, 5) is 22.8. The standard InChI is InChI=1S/C17H19N5O2/c1-13(15-4-2-3-6-18-15)20-21-17(23)16-12-14(5-7-19-16)22-8-10-24-11-9-22/h2-7,12H,8-11H2,1H3,(H,21,23)/b20-13+. The second kappa shape index (κ2) is 7.65. The van der Waals surface area contributed by atoms with Gasteiger partial charge in [0.05, 0.1) is 24.6 Å². The Bertz CT molecular complexity index is 727. The largest absolute Gasteiger partial charge is 0.378 e. The summed E-state index contributed by atoms with van der Waals surface area (Å²) in [6.45, 7) is 4.79. The Morgan fingerprint density at radius 1 is 1.17 bits per heavy atom. The van der Waals surface area contributed by atoms with Crippen molar-refractivity contribution < 1.29 is 9.53 Å². The highest BCUT2D eigenvalue weighted by molar-refractivity contribution is 5.99. The molecule has 1 aliphatic heterocycles. The third-order valence-corrected chi connectivity index (χ3v) is 3.71. The monoisotopic (exact) mass is 325 g/mol. The van der Waals surface area contributed by atoms with E-state index in [1.165, 1.54) is 0 Å². The van der Waals surface area contributed by atoms with Gasteiger partial charge in [-0.2, -0.15) is 5.10 Å². The third-order valence-electron chi connectivity index (χ3n) is 3.71. The lowest BCUT2D eigenvalue weighted by atomic mass is 10.2. The van der Waals surface area contributed by atoms with Crippen molar-refractivity contribution in [2.75, 3.05) is 31.2 Å². The van der Waals surface area contributed by atoms with Gasteiger partial charge in [-0.25, -0.2) is 5.43 Å². The van der Waals surface area contributed by atoms with Crippen LogP contribution in [0.4, 0.5) is 5.69 Å². The van der Waals surface area contributed by atoms with Crippen molar-refractivity contribution in [1.82, 2.24) is 15.4 Å². The number of anilines is 1. The molecule has 0 radical (unpaired) electrons. The van der Waals surface area contributed by atoms with E-state index in [1.807, 2.05) is 24.3 Å². The number of nitrogens with one attached hydrogen (secondary N) is 1. The molecule has 1 amide bonds.